The van der Waals surface area contributed by atoms with Crippen LogP contribution < -0.4 is 0 Å². The largest absolute Gasteiger partial charge is 0.466 e. The predicted molar refractivity (Wildman–Crippen MR) is 77.8 cm³/mol. The van der Waals surface area contributed by atoms with Crippen LogP contribution in [0.4, 0.5) is 0 Å². The van der Waals surface area contributed by atoms with E-state index in [1.54, 1.807) is 13.1 Å². The molecule has 1 aliphatic carbocycles. The maximum atomic E-state index is 11.8. The third kappa shape index (κ3) is 6.14. The van der Waals surface area contributed by atoms with Gasteiger partial charge in [0.2, 0.25) is 0 Å². The highest BCUT2D eigenvalue weighted by atomic mass is 16.6. The number of rotatable bonds is 10. The number of carbonyl (C=O) groups excluding carboxylic acids is 2. The SMILES string of the molecule is CCCCOC(=O)C1CC1(C)/C=N\OCCC(=O)OCC. The molecule has 0 radical (unpaired) electrons. The van der Waals surface area contributed by atoms with Crippen molar-refractivity contribution in [3.63, 3.8) is 0 Å². The second kappa shape index (κ2) is 8.64. The molecule has 0 amide bonds. The smallest absolute Gasteiger partial charge is 0.309 e. The Morgan fingerprint density at radius 3 is 2.71 bits per heavy atom. The van der Waals surface area contributed by atoms with Gasteiger partial charge in [0.05, 0.1) is 31.8 Å². The van der Waals surface area contributed by atoms with Crippen molar-refractivity contribution < 1.29 is 23.9 Å². The minimum atomic E-state index is -0.303. The molecule has 6 heteroatoms. The number of hydrogen-bond acceptors (Lipinski definition) is 6. The number of nitrogens with zero attached hydrogens (tertiary/aromatic N) is 1. The van der Waals surface area contributed by atoms with Crippen LogP contribution in [0.5, 0.6) is 0 Å². The van der Waals surface area contributed by atoms with E-state index in [-0.39, 0.29) is 36.3 Å². The van der Waals surface area contributed by atoms with Crippen LogP contribution in [0.15, 0.2) is 5.16 Å². The molecule has 2 atom stereocenters. The van der Waals surface area contributed by atoms with Gasteiger partial charge in [-0.1, -0.05) is 25.4 Å². The van der Waals surface area contributed by atoms with Crippen molar-refractivity contribution in [2.24, 2.45) is 16.5 Å². The van der Waals surface area contributed by atoms with Crippen molar-refractivity contribution in [2.45, 2.75) is 46.5 Å². The second-order valence-corrected chi connectivity index (χ2v) is 5.41. The number of oxime groups is 1. The standard InChI is InChI=1S/C15H25NO5/c1-4-6-8-20-14(18)12-10-15(12,3)11-16-21-9-7-13(17)19-5-2/h11-12H,4-10H2,1-3H3/b16-11-. The maximum Gasteiger partial charge on any atom is 0.309 e. The van der Waals surface area contributed by atoms with Crippen molar-refractivity contribution in [2.75, 3.05) is 19.8 Å². The zero-order chi connectivity index (χ0) is 15.7. The molecule has 0 bridgehead atoms. The zero-order valence-electron chi connectivity index (χ0n) is 13.1. The van der Waals surface area contributed by atoms with Gasteiger partial charge in [-0.05, 0) is 19.8 Å². The number of unbranched alkanes of at least 4 members (excludes halogenated alkanes) is 1. The van der Waals surface area contributed by atoms with E-state index in [2.05, 4.69) is 12.1 Å². The van der Waals surface area contributed by atoms with Gasteiger partial charge in [-0.3, -0.25) is 9.59 Å². The van der Waals surface area contributed by atoms with E-state index in [0.717, 1.165) is 19.3 Å². The molecular weight excluding hydrogens is 274 g/mol. The van der Waals surface area contributed by atoms with Crippen molar-refractivity contribution in [1.29, 1.82) is 0 Å². The summed E-state index contributed by atoms with van der Waals surface area (Å²) in [5.41, 5.74) is -0.284. The predicted octanol–water partition coefficient (Wildman–Crippen LogP) is 2.31. The summed E-state index contributed by atoms with van der Waals surface area (Å²) < 4.78 is 9.95. The Kier molecular flexibility index (Phi) is 7.19. The number of ether oxygens (including phenoxy) is 2. The lowest BCUT2D eigenvalue weighted by Crippen LogP contribution is -2.14. The molecule has 0 spiro atoms. The third-order valence-electron chi connectivity index (χ3n) is 3.43. The molecule has 1 rings (SSSR count). The lowest BCUT2D eigenvalue weighted by atomic mass is 10.1. The van der Waals surface area contributed by atoms with Crippen LogP contribution in [0.1, 0.15) is 46.5 Å². The van der Waals surface area contributed by atoms with Gasteiger partial charge in [0.1, 0.15) is 6.61 Å². The Morgan fingerprint density at radius 2 is 2.05 bits per heavy atom. The van der Waals surface area contributed by atoms with Crippen molar-refractivity contribution >= 4 is 18.2 Å². The highest BCUT2D eigenvalue weighted by Gasteiger charge is 2.55. The Bertz CT molecular complexity index is 382. The van der Waals surface area contributed by atoms with Crippen molar-refractivity contribution in [3.8, 4) is 0 Å². The minimum absolute atomic E-state index is 0.133. The van der Waals surface area contributed by atoms with E-state index >= 15 is 0 Å². The molecule has 1 saturated carbocycles. The summed E-state index contributed by atoms with van der Waals surface area (Å²) in [7, 11) is 0. The first kappa shape index (κ1) is 17.5. The molecule has 0 aromatic carbocycles. The molecular formula is C15H25NO5. The quantitative estimate of drug-likeness (QED) is 0.268. The van der Waals surface area contributed by atoms with E-state index < -0.39 is 0 Å². The summed E-state index contributed by atoms with van der Waals surface area (Å²) in [5.74, 6) is -0.599. The summed E-state index contributed by atoms with van der Waals surface area (Å²) in [6.45, 7) is 6.77. The normalized spacial score (nSPS) is 23.9. The van der Waals surface area contributed by atoms with E-state index in [1.807, 2.05) is 6.92 Å². The molecule has 0 aromatic rings. The molecule has 0 aliphatic heterocycles. The summed E-state index contributed by atoms with van der Waals surface area (Å²) in [5, 5.41) is 3.83. The van der Waals surface area contributed by atoms with Gasteiger partial charge < -0.3 is 14.3 Å². The Labute approximate surface area is 125 Å². The first-order chi connectivity index (χ1) is 10.0. The van der Waals surface area contributed by atoms with Gasteiger partial charge >= 0.3 is 11.9 Å². The average molecular weight is 299 g/mol. The lowest BCUT2D eigenvalue weighted by molar-refractivity contribution is -0.146. The summed E-state index contributed by atoms with van der Waals surface area (Å²) in [4.78, 5) is 27.8. The Hall–Kier alpha value is -1.59. The molecule has 1 fully saturated rings. The van der Waals surface area contributed by atoms with E-state index in [0.29, 0.717) is 13.2 Å². The van der Waals surface area contributed by atoms with Crippen molar-refractivity contribution in [1.82, 2.24) is 0 Å². The van der Waals surface area contributed by atoms with Gasteiger partial charge in [0.15, 0.2) is 0 Å². The highest BCUT2D eigenvalue weighted by molar-refractivity contribution is 5.85. The monoisotopic (exact) mass is 299 g/mol. The fraction of sp³-hybridized carbons (Fsp3) is 0.800. The van der Waals surface area contributed by atoms with Gasteiger partial charge in [0, 0.05) is 5.41 Å². The average Bonchev–Trinajstić information content (AvgIpc) is 3.11. The lowest BCUT2D eigenvalue weighted by Gasteiger charge is -2.06. The van der Waals surface area contributed by atoms with E-state index in [4.69, 9.17) is 14.3 Å². The van der Waals surface area contributed by atoms with Crippen LogP contribution in [-0.2, 0) is 23.9 Å². The Morgan fingerprint density at radius 1 is 1.29 bits per heavy atom. The topological polar surface area (TPSA) is 74.2 Å². The molecule has 6 nitrogen and oxygen atoms in total. The van der Waals surface area contributed by atoms with Crippen molar-refractivity contribution in [3.05, 3.63) is 0 Å². The fourth-order valence-electron chi connectivity index (χ4n) is 1.87. The molecule has 120 valence electrons. The highest BCUT2D eigenvalue weighted by Crippen LogP contribution is 2.51. The summed E-state index contributed by atoms with van der Waals surface area (Å²) in [6, 6.07) is 0. The van der Waals surface area contributed by atoms with Gasteiger partial charge in [-0.15, -0.1) is 0 Å². The number of hydrogen-bond donors (Lipinski definition) is 0. The van der Waals surface area contributed by atoms with Gasteiger partial charge in [-0.25, -0.2) is 0 Å². The van der Waals surface area contributed by atoms with Crippen LogP contribution in [-0.4, -0.2) is 38.0 Å². The zero-order valence-corrected chi connectivity index (χ0v) is 13.1. The number of carbonyl (C=O) groups is 2. The molecule has 1 aliphatic rings. The number of esters is 2. The summed E-state index contributed by atoms with van der Waals surface area (Å²) >= 11 is 0. The van der Waals surface area contributed by atoms with Crippen LogP contribution in [0.3, 0.4) is 0 Å². The molecule has 2 unspecified atom stereocenters. The van der Waals surface area contributed by atoms with Crippen LogP contribution in [0.2, 0.25) is 0 Å². The van der Waals surface area contributed by atoms with Gasteiger partial charge in [-0.2, -0.15) is 0 Å². The molecule has 0 heterocycles. The van der Waals surface area contributed by atoms with E-state index in [9.17, 15) is 9.59 Å². The van der Waals surface area contributed by atoms with Crippen LogP contribution in [0.25, 0.3) is 0 Å². The molecule has 21 heavy (non-hydrogen) atoms. The fourth-order valence-corrected chi connectivity index (χ4v) is 1.87. The summed E-state index contributed by atoms with van der Waals surface area (Å²) in [6.07, 6.45) is 4.42. The first-order valence-electron chi connectivity index (χ1n) is 7.52. The first-order valence-corrected chi connectivity index (χ1v) is 7.52. The Balaban J connectivity index is 2.18. The van der Waals surface area contributed by atoms with Crippen LogP contribution in [0, 0.1) is 11.3 Å². The van der Waals surface area contributed by atoms with Crippen LogP contribution >= 0.6 is 0 Å². The van der Waals surface area contributed by atoms with E-state index in [1.165, 1.54) is 0 Å². The maximum absolute atomic E-state index is 11.8. The third-order valence-corrected chi connectivity index (χ3v) is 3.43. The second-order valence-electron chi connectivity index (χ2n) is 5.41. The molecule has 0 aromatic heterocycles. The molecule has 0 saturated heterocycles. The minimum Gasteiger partial charge on any atom is -0.466 e. The van der Waals surface area contributed by atoms with Gasteiger partial charge in [0.25, 0.3) is 0 Å². The molecule has 0 N–H and O–H groups in total.